The van der Waals surface area contributed by atoms with Gasteiger partial charge in [0.1, 0.15) is 22.1 Å². The standard InChI is InChI=1S/C20H21FN4O5S2/c1-13-18(32(28,29)25-6-8-30-9-7-25)17-19(31-13)23-12-24(20(17)27)11-16(26)22-10-14-2-4-15(21)5-3-14/h2-5,12H,6-11H2,1H3,(H,22,26). The third-order valence-electron chi connectivity index (χ3n) is 5.08. The summed E-state index contributed by atoms with van der Waals surface area (Å²) in [5.41, 5.74) is 0.108. The lowest BCUT2D eigenvalue weighted by Crippen LogP contribution is -2.41. The second kappa shape index (κ2) is 9.06. The van der Waals surface area contributed by atoms with Crippen LogP contribution in [0.3, 0.4) is 0 Å². The number of sulfonamides is 1. The highest BCUT2D eigenvalue weighted by Crippen LogP contribution is 2.33. The predicted octanol–water partition coefficient (Wildman–Crippen LogP) is 1.24. The summed E-state index contributed by atoms with van der Waals surface area (Å²) in [5.74, 6) is -0.831. The first-order chi connectivity index (χ1) is 15.3. The molecule has 1 amide bonds. The lowest BCUT2D eigenvalue weighted by Gasteiger charge is -2.26. The molecule has 0 atom stereocenters. The first-order valence-corrected chi connectivity index (χ1v) is 12.1. The van der Waals surface area contributed by atoms with Crippen molar-refractivity contribution >= 4 is 37.5 Å². The highest BCUT2D eigenvalue weighted by molar-refractivity contribution is 7.89. The van der Waals surface area contributed by atoms with Crippen molar-refractivity contribution < 1.29 is 22.3 Å². The van der Waals surface area contributed by atoms with Gasteiger partial charge in [0, 0.05) is 24.5 Å². The Kier molecular flexibility index (Phi) is 6.38. The Bertz CT molecular complexity index is 1310. The molecule has 12 heteroatoms. The summed E-state index contributed by atoms with van der Waals surface area (Å²) in [6.45, 7) is 2.47. The van der Waals surface area contributed by atoms with Gasteiger partial charge in [-0.1, -0.05) is 12.1 Å². The van der Waals surface area contributed by atoms with Gasteiger partial charge in [0.25, 0.3) is 5.56 Å². The molecule has 1 N–H and O–H groups in total. The molecule has 4 rings (SSSR count). The number of aryl methyl sites for hydroxylation is 1. The van der Waals surface area contributed by atoms with Crippen LogP contribution < -0.4 is 10.9 Å². The number of ether oxygens (including phenoxy) is 1. The molecular weight excluding hydrogens is 459 g/mol. The molecular formula is C20H21FN4O5S2. The maximum absolute atomic E-state index is 13.2. The number of hydrogen-bond donors (Lipinski definition) is 1. The van der Waals surface area contributed by atoms with E-state index in [1.54, 1.807) is 19.1 Å². The molecule has 32 heavy (non-hydrogen) atoms. The number of hydrogen-bond acceptors (Lipinski definition) is 7. The third kappa shape index (κ3) is 4.44. The summed E-state index contributed by atoms with van der Waals surface area (Å²) < 4.78 is 47.1. The average Bonchev–Trinajstić information content (AvgIpc) is 3.13. The van der Waals surface area contributed by atoms with E-state index in [1.807, 2.05) is 0 Å². The van der Waals surface area contributed by atoms with Crippen LogP contribution in [0, 0.1) is 12.7 Å². The lowest BCUT2D eigenvalue weighted by atomic mass is 10.2. The van der Waals surface area contributed by atoms with Crippen molar-refractivity contribution in [1.29, 1.82) is 0 Å². The topological polar surface area (TPSA) is 111 Å². The Hall–Kier alpha value is -2.67. The van der Waals surface area contributed by atoms with E-state index in [1.165, 1.54) is 22.8 Å². The molecule has 0 unspecified atom stereocenters. The van der Waals surface area contributed by atoms with Crippen LogP contribution in [0.15, 0.2) is 40.3 Å². The molecule has 170 valence electrons. The number of thiophene rings is 1. The molecule has 1 aromatic carbocycles. The zero-order valence-electron chi connectivity index (χ0n) is 17.2. The van der Waals surface area contributed by atoms with E-state index in [0.29, 0.717) is 15.3 Å². The first kappa shape index (κ1) is 22.5. The van der Waals surface area contributed by atoms with Crippen LogP contribution in [0.4, 0.5) is 4.39 Å². The molecule has 0 radical (unpaired) electrons. The number of rotatable bonds is 6. The van der Waals surface area contributed by atoms with E-state index in [2.05, 4.69) is 10.3 Å². The molecule has 0 spiro atoms. The fourth-order valence-electron chi connectivity index (χ4n) is 3.47. The quantitative estimate of drug-likeness (QED) is 0.569. The van der Waals surface area contributed by atoms with E-state index in [0.717, 1.165) is 15.9 Å². The van der Waals surface area contributed by atoms with E-state index in [9.17, 15) is 22.4 Å². The average molecular weight is 481 g/mol. The predicted molar refractivity (Wildman–Crippen MR) is 116 cm³/mol. The number of carbonyl (C=O) groups excluding carboxylic acids is 1. The second-order valence-electron chi connectivity index (χ2n) is 7.26. The molecule has 3 aromatic rings. The Labute approximate surface area is 187 Å². The second-order valence-corrected chi connectivity index (χ2v) is 10.3. The van der Waals surface area contributed by atoms with Crippen LogP contribution in [0.1, 0.15) is 10.4 Å². The largest absolute Gasteiger partial charge is 0.379 e. The minimum atomic E-state index is -3.91. The van der Waals surface area contributed by atoms with Crippen molar-refractivity contribution in [3.8, 4) is 0 Å². The Morgan fingerprint density at radius 1 is 1.25 bits per heavy atom. The van der Waals surface area contributed by atoms with Gasteiger partial charge < -0.3 is 10.1 Å². The van der Waals surface area contributed by atoms with Gasteiger partial charge in [-0.15, -0.1) is 11.3 Å². The maximum atomic E-state index is 13.2. The van der Waals surface area contributed by atoms with Crippen LogP contribution in [-0.2, 0) is 32.6 Å². The molecule has 1 saturated heterocycles. The van der Waals surface area contributed by atoms with Crippen molar-refractivity contribution in [2.24, 2.45) is 0 Å². The molecule has 1 aliphatic heterocycles. The van der Waals surface area contributed by atoms with E-state index in [-0.39, 0.29) is 55.5 Å². The highest BCUT2D eigenvalue weighted by Gasteiger charge is 2.32. The summed E-state index contributed by atoms with van der Waals surface area (Å²) in [7, 11) is -3.91. The van der Waals surface area contributed by atoms with Crippen molar-refractivity contribution in [1.82, 2.24) is 19.2 Å². The smallest absolute Gasteiger partial charge is 0.263 e. The summed E-state index contributed by atoms with van der Waals surface area (Å²) in [5, 5.41) is 2.65. The molecule has 0 aliphatic carbocycles. The van der Waals surface area contributed by atoms with Crippen molar-refractivity contribution in [2.45, 2.75) is 24.9 Å². The molecule has 0 saturated carbocycles. The Morgan fingerprint density at radius 3 is 2.62 bits per heavy atom. The number of halogens is 1. The molecule has 3 heterocycles. The van der Waals surface area contributed by atoms with E-state index < -0.39 is 21.5 Å². The van der Waals surface area contributed by atoms with Gasteiger partial charge >= 0.3 is 0 Å². The summed E-state index contributed by atoms with van der Waals surface area (Å²) in [6, 6.07) is 5.68. The van der Waals surface area contributed by atoms with Crippen molar-refractivity contribution in [3.63, 3.8) is 0 Å². The zero-order valence-corrected chi connectivity index (χ0v) is 18.8. The monoisotopic (exact) mass is 480 g/mol. The fourth-order valence-corrected chi connectivity index (χ4v) is 6.54. The minimum absolute atomic E-state index is 0.00664. The SMILES string of the molecule is Cc1sc2ncn(CC(=O)NCc3ccc(F)cc3)c(=O)c2c1S(=O)(=O)N1CCOCC1. The third-order valence-corrected chi connectivity index (χ3v) is 8.30. The van der Waals surface area contributed by atoms with E-state index in [4.69, 9.17) is 4.74 Å². The van der Waals surface area contributed by atoms with Crippen molar-refractivity contribution in [2.75, 3.05) is 26.3 Å². The first-order valence-electron chi connectivity index (χ1n) is 9.85. The van der Waals surface area contributed by atoms with Crippen LogP contribution >= 0.6 is 11.3 Å². The number of carbonyl (C=O) groups is 1. The summed E-state index contributed by atoms with van der Waals surface area (Å²) in [4.78, 5) is 30.4. The molecule has 2 aromatic heterocycles. The van der Waals surface area contributed by atoms with E-state index >= 15 is 0 Å². The summed E-state index contributed by atoms with van der Waals surface area (Å²) in [6.07, 6.45) is 1.24. The minimum Gasteiger partial charge on any atom is -0.379 e. The number of benzene rings is 1. The molecule has 9 nitrogen and oxygen atoms in total. The van der Waals surface area contributed by atoms with Gasteiger partial charge in [-0.05, 0) is 24.6 Å². The number of nitrogens with one attached hydrogen (secondary N) is 1. The van der Waals surface area contributed by atoms with Crippen LogP contribution in [0.5, 0.6) is 0 Å². The van der Waals surface area contributed by atoms with Crippen LogP contribution in [0.2, 0.25) is 0 Å². The fraction of sp³-hybridized carbons (Fsp3) is 0.350. The van der Waals surface area contributed by atoms with Gasteiger partial charge in [-0.25, -0.2) is 17.8 Å². The lowest BCUT2D eigenvalue weighted by molar-refractivity contribution is -0.121. The van der Waals surface area contributed by atoms with Gasteiger partial charge in [0.2, 0.25) is 15.9 Å². The molecule has 0 bridgehead atoms. The number of fused-ring (bicyclic) bond motifs is 1. The Morgan fingerprint density at radius 2 is 1.94 bits per heavy atom. The Balaban J connectivity index is 1.60. The van der Waals surface area contributed by atoms with Crippen LogP contribution in [-0.4, -0.2) is 54.5 Å². The molecule has 1 aliphatic rings. The van der Waals surface area contributed by atoms with Crippen LogP contribution in [0.25, 0.3) is 10.2 Å². The highest BCUT2D eigenvalue weighted by atomic mass is 32.2. The number of amides is 1. The van der Waals surface area contributed by atoms with Crippen molar-refractivity contribution in [3.05, 3.63) is 57.2 Å². The normalized spacial score (nSPS) is 15.2. The van der Waals surface area contributed by atoms with Gasteiger partial charge in [-0.3, -0.25) is 14.2 Å². The van der Waals surface area contributed by atoms with Gasteiger partial charge in [0.15, 0.2) is 0 Å². The number of morpholine rings is 1. The zero-order chi connectivity index (χ0) is 22.9. The molecule has 1 fully saturated rings. The van der Waals surface area contributed by atoms with Gasteiger partial charge in [0.05, 0.1) is 24.9 Å². The number of nitrogens with zero attached hydrogens (tertiary/aromatic N) is 3. The number of aromatic nitrogens is 2. The maximum Gasteiger partial charge on any atom is 0.263 e. The van der Waals surface area contributed by atoms with Gasteiger partial charge in [-0.2, -0.15) is 4.31 Å². The summed E-state index contributed by atoms with van der Waals surface area (Å²) >= 11 is 1.13.